The summed E-state index contributed by atoms with van der Waals surface area (Å²) >= 11 is 1.30. The average molecular weight is 461 g/mol. The molecule has 0 spiro atoms. The van der Waals surface area contributed by atoms with Crippen LogP contribution in [0, 0.1) is 11.8 Å². The number of rotatable bonds is 5. The van der Waals surface area contributed by atoms with Gasteiger partial charge >= 0.3 is 11.7 Å². The van der Waals surface area contributed by atoms with Gasteiger partial charge in [0.25, 0.3) is 5.56 Å². The van der Waals surface area contributed by atoms with E-state index in [1.165, 1.54) is 28.0 Å². The van der Waals surface area contributed by atoms with Crippen LogP contribution in [0.25, 0.3) is 10.2 Å². The van der Waals surface area contributed by atoms with Crippen molar-refractivity contribution in [2.24, 2.45) is 7.05 Å². The fourth-order valence-electron chi connectivity index (χ4n) is 3.40. The van der Waals surface area contributed by atoms with Crippen molar-refractivity contribution >= 4 is 27.5 Å². The lowest BCUT2D eigenvalue weighted by molar-refractivity contribution is 0.0697. The second kappa shape index (κ2) is 9.18. The molecule has 0 aliphatic rings. The standard InChI is InChI=1S/C25H20N2O5S/c1-26-23-21(14-20(33-23)5-3-4-16-8-12-19(32-2)13-9-16)22(28)27(25(26)31)15-17-6-10-18(11-7-17)24(29)30/h6-14H,4,15H2,1-2H3,(H,29,30). The summed E-state index contributed by atoms with van der Waals surface area (Å²) in [5.74, 6) is 5.95. The quantitative estimate of drug-likeness (QED) is 0.462. The molecule has 0 radical (unpaired) electrons. The zero-order valence-electron chi connectivity index (χ0n) is 18.0. The number of aromatic carboxylic acids is 1. The maximum Gasteiger partial charge on any atom is 0.335 e. The molecule has 0 fully saturated rings. The summed E-state index contributed by atoms with van der Waals surface area (Å²) < 4.78 is 7.75. The number of fused-ring (bicyclic) bond motifs is 1. The highest BCUT2D eigenvalue weighted by molar-refractivity contribution is 7.19. The largest absolute Gasteiger partial charge is 0.497 e. The van der Waals surface area contributed by atoms with Crippen LogP contribution in [0.2, 0.25) is 0 Å². The average Bonchev–Trinajstić information content (AvgIpc) is 3.26. The molecule has 2 aromatic carbocycles. The summed E-state index contributed by atoms with van der Waals surface area (Å²) in [4.78, 5) is 38.2. The van der Waals surface area contributed by atoms with Crippen LogP contribution in [0.4, 0.5) is 0 Å². The molecular weight excluding hydrogens is 440 g/mol. The Hall–Kier alpha value is -4.09. The Morgan fingerprint density at radius 1 is 1.06 bits per heavy atom. The minimum absolute atomic E-state index is 0.0513. The van der Waals surface area contributed by atoms with E-state index in [1.54, 1.807) is 32.4 Å². The summed E-state index contributed by atoms with van der Waals surface area (Å²) in [6.45, 7) is 0.0513. The molecule has 0 saturated carbocycles. The van der Waals surface area contributed by atoms with E-state index in [4.69, 9.17) is 9.84 Å². The monoisotopic (exact) mass is 460 g/mol. The number of carboxylic acid groups (broad SMARTS) is 1. The smallest absolute Gasteiger partial charge is 0.335 e. The van der Waals surface area contributed by atoms with Crippen LogP contribution in [0.1, 0.15) is 26.4 Å². The van der Waals surface area contributed by atoms with E-state index < -0.39 is 17.2 Å². The molecular formula is C25H20N2O5S. The number of methoxy groups -OCH3 is 1. The number of hydrogen-bond acceptors (Lipinski definition) is 5. The molecule has 0 atom stereocenters. The van der Waals surface area contributed by atoms with Crippen LogP contribution in [-0.4, -0.2) is 27.3 Å². The lowest BCUT2D eigenvalue weighted by Crippen LogP contribution is -2.38. The number of carboxylic acids is 1. The van der Waals surface area contributed by atoms with Gasteiger partial charge in [-0.3, -0.25) is 13.9 Å². The third-order valence-corrected chi connectivity index (χ3v) is 6.34. The lowest BCUT2D eigenvalue weighted by Gasteiger charge is -2.08. The molecule has 1 N–H and O–H groups in total. The van der Waals surface area contributed by atoms with Crippen molar-refractivity contribution < 1.29 is 14.6 Å². The predicted octanol–water partition coefficient (Wildman–Crippen LogP) is 3.11. The normalized spacial score (nSPS) is 10.6. The fourth-order valence-corrected chi connectivity index (χ4v) is 4.38. The molecule has 166 valence electrons. The predicted molar refractivity (Wildman–Crippen MR) is 127 cm³/mol. The van der Waals surface area contributed by atoms with Gasteiger partial charge in [0, 0.05) is 13.5 Å². The first-order valence-corrected chi connectivity index (χ1v) is 10.9. The maximum atomic E-state index is 13.1. The van der Waals surface area contributed by atoms with Crippen molar-refractivity contribution in [1.29, 1.82) is 0 Å². The number of nitrogens with zero attached hydrogens (tertiary/aromatic N) is 2. The second-order valence-corrected chi connectivity index (χ2v) is 8.42. The number of aryl methyl sites for hydroxylation is 1. The first-order valence-electron chi connectivity index (χ1n) is 10.0. The van der Waals surface area contributed by atoms with Crippen LogP contribution in [0.3, 0.4) is 0 Å². The Morgan fingerprint density at radius 2 is 1.73 bits per heavy atom. The summed E-state index contributed by atoms with van der Waals surface area (Å²) in [5, 5.41) is 9.46. The number of ether oxygens (including phenoxy) is 1. The van der Waals surface area contributed by atoms with E-state index in [0.29, 0.717) is 27.1 Å². The highest BCUT2D eigenvalue weighted by atomic mass is 32.1. The first-order chi connectivity index (χ1) is 15.9. The van der Waals surface area contributed by atoms with Gasteiger partial charge in [-0.15, -0.1) is 11.3 Å². The second-order valence-electron chi connectivity index (χ2n) is 7.39. The van der Waals surface area contributed by atoms with Crippen LogP contribution in [-0.2, 0) is 20.0 Å². The van der Waals surface area contributed by atoms with Gasteiger partial charge in [0.15, 0.2) is 0 Å². The third-order valence-electron chi connectivity index (χ3n) is 5.22. The molecule has 7 nitrogen and oxygen atoms in total. The zero-order chi connectivity index (χ0) is 23.5. The maximum absolute atomic E-state index is 13.1. The molecule has 4 aromatic rings. The van der Waals surface area contributed by atoms with Crippen molar-refractivity contribution in [3.63, 3.8) is 0 Å². The van der Waals surface area contributed by atoms with Crippen LogP contribution in [0.15, 0.2) is 64.2 Å². The van der Waals surface area contributed by atoms with E-state index in [-0.39, 0.29) is 12.1 Å². The summed E-state index contributed by atoms with van der Waals surface area (Å²) in [6, 6.07) is 15.5. The van der Waals surface area contributed by atoms with E-state index in [0.717, 1.165) is 15.9 Å². The molecule has 0 aliphatic heterocycles. The Bertz CT molecular complexity index is 1510. The minimum Gasteiger partial charge on any atom is -0.497 e. The fraction of sp³-hybridized carbons (Fsp3) is 0.160. The number of hydrogen-bond donors (Lipinski definition) is 1. The van der Waals surface area contributed by atoms with Crippen molar-refractivity contribution in [1.82, 2.24) is 9.13 Å². The number of benzene rings is 2. The van der Waals surface area contributed by atoms with E-state index in [9.17, 15) is 14.4 Å². The number of aromatic nitrogens is 2. The molecule has 33 heavy (non-hydrogen) atoms. The van der Waals surface area contributed by atoms with Crippen molar-refractivity contribution in [2.75, 3.05) is 7.11 Å². The molecule has 8 heteroatoms. The van der Waals surface area contributed by atoms with Crippen molar-refractivity contribution in [2.45, 2.75) is 13.0 Å². The van der Waals surface area contributed by atoms with Crippen LogP contribution in [0.5, 0.6) is 5.75 Å². The molecule has 0 saturated heterocycles. The van der Waals surface area contributed by atoms with Gasteiger partial charge in [-0.2, -0.15) is 0 Å². The molecule has 4 rings (SSSR count). The van der Waals surface area contributed by atoms with Gasteiger partial charge < -0.3 is 9.84 Å². The van der Waals surface area contributed by atoms with Gasteiger partial charge in [0.2, 0.25) is 0 Å². The number of thiophene rings is 1. The van der Waals surface area contributed by atoms with Gasteiger partial charge in [0.1, 0.15) is 10.6 Å². The summed E-state index contributed by atoms with van der Waals surface area (Å²) in [5.41, 5.74) is 1.02. The van der Waals surface area contributed by atoms with Gasteiger partial charge in [-0.1, -0.05) is 36.1 Å². The third kappa shape index (κ3) is 4.59. The van der Waals surface area contributed by atoms with Gasteiger partial charge in [-0.05, 0) is 41.5 Å². The first kappa shape index (κ1) is 22.1. The zero-order valence-corrected chi connectivity index (χ0v) is 18.8. The Morgan fingerprint density at radius 3 is 2.36 bits per heavy atom. The number of carbonyl (C=O) groups is 1. The topological polar surface area (TPSA) is 90.5 Å². The van der Waals surface area contributed by atoms with Crippen molar-refractivity contribution in [3.05, 3.63) is 97.0 Å². The van der Waals surface area contributed by atoms with Crippen LogP contribution >= 0.6 is 11.3 Å². The Labute approximate surface area is 193 Å². The van der Waals surface area contributed by atoms with Gasteiger partial charge in [-0.25, -0.2) is 9.59 Å². The Balaban J connectivity index is 1.63. The Kier molecular flexibility index (Phi) is 6.16. The van der Waals surface area contributed by atoms with Crippen LogP contribution < -0.4 is 16.0 Å². The lowest BCUT2D eigenvalue weighted by atomic mass is 10.1. The van der Waals surface area contributed by atoms with E-state index in [1.807, 2.05) is 24.3 Å². The summed E-state index contributed by atoms with van der Waals surface area (Å²) in [6.07, 6.45) is 0.549. The highest BCUT2D eigenvalue weighted by Crippen LogP contribution is 2.21. The molecule has 0 bridgehead atoms. The molecule has 2 aromatic heterocycles. The molecule has 2 heterocycles. The minimum atomic E-state index is -1.03. The molecule has 0 aliphatic carbocycles. The SMILES string of the molecule is COc1ccc(CC#Cc2cc3c(=O)n(Cc4ccc(C(=O)O)cc4)c(=O)n(C)c3s2)cc1. The summed E-state index contributed by atoms with van der Waals surface area (Å²) in [7, 11) is 3.24. The molecule has 0 amide bonds. The molecule has 0 unspecified atom stereocenters. The highest BCUT2D eigenvalue weighted by Gasteiger charge is 2.14. The van der Waals surface area contributed by atoms with Gasteiger partial charge in [0.05, 0.1) is 29.5 Å². The van der Waals surface area contributed by atoms with E-state index in [2.05, 4.69) is 11.8 Å². The van der Waals surface area contributed by atoms with Crippen molar-refractivity contribution in [3.8, 4) is 17.6 Å². The van der Waals surface area contributed by atoms with E-state index >= 15 is 0 Å².